The van der Waals surface area contributed by atoms with Gasteiger partial charge in [0.1, 0.15) is 5.75 Å². The Morgan fingerprint density at radius 1 is 0.897 bits per heavy atom. The molecule has 29 heavy (non-hydrogen) atoms. The van der Waals surface area contributed by atoms with Crippen molar-refractivity contribution in [1.82, 2.24) is 10.9 Å². The summed E-state index contributed by atoms with van der Waals surface area (Å²) in [5.74, 6) is -1.31. The highest BCUT2D eigenvalue weighted by Crippen LogP contribution is 2.27. The second-order valence-corrected chi connectivity index (χ2v) is 6.76. The fraction of sp³-hybridized carbons (Fsp3) is 0.250. The van der Waals surface area contributed by atoms with E-state index in [2.05, 4.69) is 10.9 Å². The van der Waals surface area contributed by atoms with Gasteiger partial charge in [0.15, 0.2) is 6.61 Å². The lowest BCUT2D eigenvalue weighted by Crippen LogP contribution is -2.43. The number of ether oxygens (including phenoxy) is 2. The van der Waals surface area contributed by atoms with Gasteiger partial charge < -0.3 is 9.47 Å². The Bertz CT molecular complexity index is 846. The molecule has 0 saturated heterocycles. The number of benzene rings is 2. The minimum Gasteiger partial charge on any atom is -0.482 e. The largest absolute Gasteiger partial charge is 0.482 e. The van der Waals surface area contributed by atoms with E-state index >= 15 is 0 Å². The fourth-order valence-corrected chi connectivity index (χ4v) is 2.65. The summed E-state index contributed by atoms with van der Waals surface area (Å²) < 4.78 is 10.3. The molecule has 0 radical (unpaired) electrons. The maximum atomic E-state index is 11.7. The molecule has 0 fully saturated rings. The lowest BCUT2D eigenvalue weighted by Gasteiger charge is -2.10. The first kappa shape index (κ1) is 22.5. The normalized spacial score (nSPS) is 10.1. The SMILES string of the molecule is O=C(CCC(=O)OCCc1ccccc1)NNC(=O)COc1ccc(Cl)cc1Cl. The summed E-state index contributed by atoms with van der Waals surface area (Å²) in [5.41, 5.74) is 5.44. The Morgan fingerprint density at radius 2 is 1.62 bits per heavy atom. The van der Waals surface area contributed by atoms with Gasteiger partial charge in [-0.25, -0.2) is 0 Å². The minimum atomic E-state index is -0.588. The zero-order chi connectivity index (χ0) is 21.1. The number of nitrogens with one attached hydrogen (secondary N) is 2. The number of carbonyl (C=O) groups is 3. The molecule has 0 aromatic heterocycles. The van der Waals surface area contributed by atoms with Gasteiger partial charge in [0, 0.05) is 17.9 Å². The Kier molecular flexibility index (Phi) is 9.27. The van der Waals surface area contributed by atoms with E-state index in [9.17, 15) is 14.4 Å². The first-order valence-electron chi connectivity index (χ1n) is 8.79. The van der Waals surface area contributed by atoms with E-state index < -0.39 is 17.8 Å². The van der Waals surface area contributed by atoms with Gasteiger partial charge in [0.2, 0.25) is 5.91 Å². The average molecular weight is 439 g/mol. The van der Waals surface area contributed by atoms with Crippen LogP contribution in [0.5, 0.6) is 5.75 Å². The number of esters is 1. The topological polar surface area (TPSA) is 93.7 Å². The molecule has 2 amide bonds. The maximum Gasteiger partial charge on any atom is 0.306 e. The molecule has 9 heteroatoms. The van der Waals surface area contributed by atoms with Crippen molar-refractivity contribution in [2.75, 3.05) is 13.2 Å². The van der Waals surface area contributed by atoms with E-state index in [4.69, 9.17) is 32.7 Å². The minimum absolute atomic E-state index is 0.0899. The summed E-state index contributed by atoms with van der Waals surface area (Å²) in [7, 11) is 0. The molecule has 0 saturated carbocycles. The number of amides is 2. The number of hydrogen-bond acceptors (Lipinski definition) is 5. The summed E-state index contributed by atoms with van der Waals surface area (Å²) in [4.78, 5) is 35.1. The third kappa shape index (κ3) is 8.85. The van der Waals surface area contributed by atoms with Crippen LogP contribution in [0.2, 0.25) is 10.0 Å². The Morgan fingerprint density at radius 3 is 2.34 bits per heavy atom. The number of hydrazine groups is 1. The lowest BCUT2D eigenvalue weighted by molar-refractivity contribution is -0.145. The summed E-state index contributed by atoms with van der Waals surface area (Å²) >= 11 is 11.7. The van der Waals surface area contributed by atoms with E-state index in [0.29, 0.717) is 11.4 Å². The summed E-state index contributed by atoms with van der Waals surface area (Å²) in [6, 6.07) is 14.2. The monoisotopic (exact) mass is 438 g/mol. The fourth-order valence-electron chi connectivity index (χ4n) is 2.19. The van der Waals surface area contributed by atoms with Crippen LogP contribution in [-0.4, -0.2) is 31.0 Å². The standard InChI is InChI=1S/C20H20Cl2N2O5/c21-15-6-7-17(16(22)12-15)29-13-19(26)24-23-18(25)8-9-20(27)28-11-10-14-4-2-1-3-5-14/h1-7,12H,8-11,13H2,(H,23,25)(H,24,26). The predicted molar refractivity (Wildman–Crippen MR) is 109 cm³/mol. The molecular formula is C20H20Cl2N2O5. The van der Waals surface area contributed by atoms with Crippen LogP contribution in [0, 0.1) is 0 Å². The van der Waals surface area contributed by atoms with Crippen molar-refractivity contribution in [2.24, 2.45) is 0 Å². The second-order valence-electron chi connectivity index (χ2n) is 5.92. The van der Waals surface area contributed by atoms with Gasteiger partial charge in [0.25, 0.3) is 5.91 Å². The first-order valence-corrected chi connectivity index (χ1v) is 9.54. The van der Waals surface area contributed by atoms with Crippen molar-refractivity contribution in [1.29, 1.82) is 0 Å². The van der Waals surface area contributed by atoms with Crippen LogP contribution in [0.1, 0.15) is 18.4 Å². The molecule has 0 aliphatic carbocycles. The number of carbonyl (C=O) groups excluding carboxylic acids is 3. The third-order valence-electron chi connectivity index (χ3n) is 3.65. The number of hydrogen-bond donors (Lipinski definition) is 2. The first-order chi connectivity index (χ1) is 13.9. The number of rotatable bonds is 9. The van der Waals surface area contributed by atoms with Gasteiger partial charge in [-0.3, -0.25) is 25.2 Å². The molecule has 2 aromatic rings. The van der Waals surface area contributed by atoms with Crippen LogP contribution in [-0.2, 0) is 25.5 Å². The Balaban J connectivity index is 1.57. The molecule has 2 rings (SSSR count). The van der Waals surface area contributed by atoms with Gasteiger partial charge in [-0.15, -0.1) is 0 Å². The van der Waals surface area contributed by atoms with E-state index in [0.717, 1.165) is 5.56 Å². The molecule has 0 unspecified atom stereocenters. The summed E-state index contributed by atoms with van der Waals surface area (Å²) in [5, 5.41) is 0.706. The van der Waals surface area contributed by atoms with Gasteiger partial charge in [-0.1, -0.05) is 53.5 Å². The van der Waals surface area contributed by atoms with Gasteiger partial charge in [-0.05, 0) is 23.8 Å². The quantitative estimate of drug-likeness (QED) is 0.463. The molecule has 0 aliphatic heterocycles. The zero-order valence-electron chi connectivity index (χ0n) is 15.5. The molecule has 0 spiro atoms. The van der Waals surface area contributed by atoms with Crippen LogP contribution in [0.25, 0.3) is 0 Å². The second kappa shape index (κ2) is 11.9. The molecule has 7 nitrogen and oxygen atoms in total. The number of halogens is 2. The van der Waals surface area contributed by atoms with E-state index in [1.54, 1.807) is 6.07 Å². The highest BCUT2D eigenvalue weighted by molar-refractivity contribution is 6.35. The molecule has 2 N–H and O–H groups in total. The van der Waals surface area contributed by atoms with Crippen molar-refractivity contribution in [3.8, 4) is 5.75 Å². The van der Waals surface area contributed by atoms with Crippen LogP contribution in [0.3, 0.4) is 0 Å². The molecular weight excluding hydrogens is 419 g/mol. The predicted octanol–water partition coefficient (Wildman–Crippen LogP) is 3.09. The lowest BCUT2D eigenvalue weighted by atomic mass is 10.2. The van der Waals surface area contributed by atoms with Crippen LogP contribution < -0.4 is 15.6 Å². The van der Waals surface area contributed by atoms with E-state index in [1.165, 1.54) is 12.1 Å². The van der Waals surface area contributed by atoms with Crippen molar-refractivity contribution in [3.05, 3.63) is 64.1 Å². The van der Waals surface area contributed by atoms with Gasteiger partial charge in [0.05, 0.1) is 18.1 Å². The smallest absolute Gasteiger partial charge is 0.306 e. The molecule has 0 bridgehead atoms. The van der Waals surface area contributed by atoms with E-state index in [1.807, 2.05) is 30.3 Å². The highest BCUT2D eigenvalue weighted by atomic mass is 35.5. The molecule has 0 atom stereocenters. The third-order valence-corrected chi connectivity index (χ3v) is 4.18. The van der Waals surface area contributed by atoms with Crippen molar-refractivity contribution < 1.29 is 23.9 Å². The maximum absolute atomic E-state index is 11.7. The van der Waals surface area contributed by atoms with Gasteiger partial charge in [-0.2, -0.15) is 0 Å². The molecule has 2 aromatic carbocycles. The summed E-state index contributed by atoms with van der Waals surface area (Å²) in [6.45, 7) is -0.116. The van der Waals surface area contributed by atoms with Crippen molar-refractivity contribution in [3.63, 3.8) is 0 Å². The van der Waals surface area contributed by atoms with Crippen molar-refractivity contribution in [2.45, 2.75) is 19.3 Å². The van der Waals surface area contributed by atoms with Crippen LogP contribution >= 0.6 is 23.2 Å². The van der Waals surface area contributed by atoms with Gasteiger partial charge >= 0.3 is 5.97 Å². The summed E-state index contributed by atoms with van der Waals surface area (Å²) in [6.07, 6.45) is 0.397. The molecule has 0 aliphatic rings. The zero-order valence-corrected chi connectivity index (χ0v) is 17.0. The Labute approximate surface area is 178 Å². The van der Waals surface area contributed by atoms with Crippen molar-refractivity contribution >= 4 is 41.0 Å². The average Bonchev–Trinajstić information content (AvgIpc) is 2.71. The molecule has 0 heterocycles. The highest BCUT2D eigenvalue weighted by Gasteiger charge is 2.10. The molecule has 154 valence electrons. The Hall–Kier alpha value is -2.77. The van der Waals surface area contributed by atoms with Crippen LogP contribution in [0.4, 0.5) is 0 Å². The van der Waals surface area contributed by atoms with Crippen LogP contribution in [0.15, 0.2) is 48.5 Å². The van der Waals surface area contributed by atoms with E-state index in [-0.39, 0.29) is 36.8 Å².